The Balaban J connectivity index is 1.34. The Morgan fingerprint density at radius 1 is 1.27 bits per heavy atom. The smallest absolute Gasteiger partial charge is 0.252 e. The van der Waals surface area contributed by atoms with Crippen LogP contribution < -0.4 is 0 Å². The Morgan fingerprint density at radius 2 is 2.04 bits per heavy atom. The first-order valence-corrected chi connectivity index (χ1v) is 10.9. The Hall–Kier alpha value is -1.03. The Bertz CT molecular complexity index is 723. The third-order valence-electron chi connectivity index (χ3n) is 5.78. The number of hydrogen-bond donors (Lipinski definition) is 0. The van der Waals surface area contributed by atoms with Crippen molar-refractivity contribution in [1.29, 1.82) is 0 Å². The summed E-state index contributed by atoms with van der Waals surface area (Å²) in [6.45, 7) is 2.19. The van der Waals surface area contributed by atoms with Gasteiger partial charge in [0.05, 0.1) is 10.9 Å². The molecule has 146 valence electrons. The second kappa shape index (κ2) is 7.18. The minimum absolute atomic E-state index is 0.129. The van der Waals surface area contributed by atoms with E-state index in [2.05, 4.69) is 10.1 Å². The van der Waals surface area contributed by atoms with Crippen molar-refractivity contribution in [3.05, 3.63) is 11.7 Å². The maximum atomic E-state index is 12.4. The van der Waals surface area contributed by atoms with E-state index >= 15 is 0 Å². The summed E-state index contributed by atoms with van der Waals surface area (Å²) < 4.78 is 42.9. The molecule has 9 heteroatoms. The van der Waals surface area contributed by atoms with Crippen molar-refractivity contribution < 1.29 is 22.4 Å². The molecule has 1 aliphatic carbocycles. The molecule has 4 rings (SSSR count). The van der Waals surface area contributed by atoms with E-state index in [-0.39, 0.29) is 10.9 Å². The van der Waals surface area contributed by atoms with E-state index in [1.54, 1.807) is 11.4 Å². The number of sulfonamides is 1. The number of aromatic nitrogens is 2. The number of rotatable bonds is 6. The van der Waals surface area contributed by atoms with Crippen molar-refractivity contribution in [2.45, 2.75) is 62.4 Å². The molecule has 26 heavy (non-hydrogen) atoms. The first-order chi connectivity index (χ1) is 12.5. The van der Waals surface area contributed by atoms with Crippen LogP contribution in [0.3, 0.4) is 0 Å². The molecule has 3 aliphatic rings. The highest BCUT2D eigenvalue weighted by Crippen LogP contribution is 2.40. The van der Waals surface area contributed by atoms with Crippen molar-refractivity contribution in [1.82, 2.24) is 14.4 Å². The molecule has 1 aromatic rings. The SMILES string of the molecule is COCc1nc(CC2CCOC3(CCN(S(=O)(=O)C4CC4)CC3)C2)no1. The predicted octanol–water partition coefficient (Wildman–Crippen LogP) is 1.51. The lowest BCUT2D eigenvalue weighted by Gasteiger charge is -2.45. The second-order valence-corrected chi connectivity index (χ2v) is 9.99. The van der Waals surface area contributed by atoms with Gasteiger partial charge >= 0.3 is 0 Å². The summed E-state index contributed by atoms with van der Waals surface area (Å²) in [7, 11) is -1.48. The van der Waals surface area contributed by atoms with Gasteiger partial charge in [-0.1, -0.05) is 5.16 Å². The fraction of sp³-hybridized carbons (Fsp3) is 0.882. The molecule has 2 aliphatic heterocycles. The quantitative estimate of drug-likeness (QED) is 0.732. The van der Waals surface area contributed by atoms with E-state index in [9.17, 15) is 8.42 Å². The van der Waals surface area contributed by atoms with Gasteiger partial charge < -0.3 is 14.0 Å². The van der Waals surface area contributed by atoms with Crippen LogP contribution in [-0.4, -0.2) is 60.5 Å². The number of piperidine rings is 1. The fourth-order valence-corrected chi connectivity index (χ4v) is 6.04. The number of hydrogen-bond acceptors (Lipinski definition) is 7. The average Bonchev–Trinajstić information content (AvgIpc) is 3.39. The molecule has 3 fully saturated rings. The molecule has 2 saturated heterocycles. The maximum Gasteiger partial charge on any atom is 0.252 e. The van der Waals surface area contributed by atoms with Gasteiger partial charge in [-0.05, 0) is 44.4 Å². The predicted molar refractivity (Wildman–Crippen MR) is 92.9 cm³/mol. The normalized spacial score (nSPS) is 27.0. The van der Waals surface area contributed by atoms with Gasteiger partial charge in [-0.15, -0.1) is 0 Å². The van der Waals surface area contributed by atoms with Gasteiger partial charge in [-0.2, -0.15) is 4.98 Å². The summed E-state index contributed by atoms with van der Waals surface area (Å²) in [5.41, 5.74) is -0.197. The summed E-state index contributed by atoms with van der Waals surface area (Å²) in [4.78, 5) is 4.37. The van der Waals surface area contributed by atoms with E-state index in [1.807, 2.05) is 0 Å². The molecule has 0 bridgehead atoms. The van der Waals surface area contributed by atoms with E-state index < -0.39 is 10.0 Å². The Morgan fingerprint density at radius 3 is 2.73 bits per heavy atom. The van der Waals surface area contributed by atoms with E-state index in [4.69, 9.17) is 14.0 Å². The summed E-state index contributed by atoms with van der Waals surface area (Å²) >= 11 is 0. The molecular formula is C17H27N3O5S. The van der Waals surface area contributed by atoms with Crippen molar-refractivity contribution in [2.75, 3.05) is 26.8 Å². The van der Waals surface area contributed by atoms with Crippen LogP contribution in [-0.2, 0) is 32.5 Å². The molecule has 0 amide bonds. The molecule has 1 aromatic heterocycles. The number of nitrogens with zero attached hydrogens (tertiary/aromatic N) is 3. The average molecular weight is 385 g/mol. The zero-order chi connectivity index (χ0) is 18.2. The molecule has 1 saturated carbocycles. The minimum atomic E-state index is -3.08. The topological polar surface area (TPSA) is 94.8 Å². The van der Waals surface area contributed by atoms with Crippen LogP contribution in [0.15, 0.2) is 4.52 Å². The van der Waals surface area contributed by atoms with E-state index in [0.29, 0.717) is 43.9 Å². The molecule has 1 atom stereocenters. The lowest BCUT2D eigenvalue weighted by atomic mass is 9.78. The zero-order valence-corrected chi connectivity index (χ0v) is 16.0. The second-order valence-electron chi connectivity index (χ2n) is 7.78. The number of methoxy groups -OCH3 is 1. The molecular weight excluding hydrogens is 358 g/mol. The van der Waals surface area contributed by atoms with Crippen LogP contribution in [0.1, 0.15) is 50.2 Å². The van der Waals surface area contributed by atoms with E-state index in [0.717, 1.165) is 44.9 Å². The number of ether oxygens (including phenoxy) is 2. The Kier molecular flexibility index (Phi) is 5.06. The third kappa shape index (κ3) is 3.81. The molecule has 3 heterocycles. The molecule has 8 nitrogen and oxygen atoms in total. The first-order valence-electron chi connectivity index (χ1n) is 9.44. The third-order valence-corrected chi connectivity index (χ3v) is 8.18. The van der Waals surface area contributed by atoms with Gasteiger partial charge in [0.2, 0.25) is 10.0 Å². The molecule has 0 aromatic carbocycles. The standard InChI is InChI=1S/C17H27N3O5S/c1-23-12-16-18-15(19-25-16)10-13-4-9-24-17(11-13)5-7-20(8-6-17)26(21,22)14-2-3-14/h13-14H,2-12H2,1H3. The fourth-order valence-electron chi connectivity index (χ4n) is 4.19. The molecule has 0 radical (unpaired) electrons. The summed E-state index contributed by atoms with van der Waals surface area (Å²) in [6, 6.07) is 0. The summed E-state index contributed by atoms with van der Waals surface area (Å²) in [6.07, 6.45) is 5.85. The van der Waals surface area contributed by atoms with Gasteiger partial charge in [-0.3, -0.25) is 0 Å². The van der Waals surface area contributed by atoms with Crippen molar-refractivity contribution in [3.63, 3.8) is 0 Å². The summed E-state index contributed by atoms with van der Waals surface area (Å²) in [5, 5.41) is 3.91. The first kappa shape index (κ1) is 18.3. The van der Waals surface area contributed by atoms with Crippen LogP contribution in [0, 0.1) is 5.92 Å². The van der Waals surface area contributed by atoms with Gasteiger partial charge in [0, 0.05) is 33.2 Å². The summed E-state index contributed by atoms with van der Waals surface area (Å²) in [5.74, 6) is 1.65. The van der Waals surface area contributed by atoms with Crippen LogP contribution in [0.25, 0.3) is 0 Å². The largest absolute Gasteiger partial charge is 0.375 e. The highest BCUT2D eigenvalue weighted by Gasteiger charge is 2.46. The van der Waals surface area contributed by atoms with Gasteiger partial charge in [0.25, 0.3) is 5.89 Å². The van der Waals surface area contributed by atoms with Crippen molar-refractivity contribution in [3.8, 4) is 0 Å². The van der Waals surface area contributed by atoms with E-state index in [1.165, 1.54) is 0 Å². The van der Waals surface area contributed by atoms with Gasteiger partial charge in [0.1, 0.15) is 6.61 Å². The van der Waals surface area contributed by atoms with Crippen molar-refractivity contribution >= 4 is 10.0 Å². The zero-order valence-electron chi connectivity index (χ0n) is 15.2. The monoisotopic (exact) mass is 385 g/mol. The van der Waals surface area contributed by atoms with Crippen molar-refractivity contribution in [2.24, 2.45) is 5.92 Å². The highest BCUT2D eigenvalue weighted by molar-refractivity contribution is 7.90. The van der Waals surface area contributed by atoms with Crippen LogP contribution in [0.5, 0.6) is 0 Å². The lowest BCUT2D eigenvalue weighted by molar-refractivity contribution is -0.120. The van der Waals surface area contributed by atoms with Crippen LogP contribution in [0.2, 0.25) is 0 Å². The molecule has 0 N–H and O–H groups in total. The lowest BCUT2D eigenvalue weighted by Crippen LogP contribution is -2.51. The Labute approximate surface area is 154 Å². The van der Waals surface area contributed by atoms with Gasteiger partial charge in [0.15, 0.2) is 5.82 Å². The highest BCUT2D eigenvalue weighted by atomic mass is 32.2. The van der Waals surface area contributed by atoms with Crippen LogP contribution in [0.4, 0.5) is 0 Å². The molecule has 1 unspecified atom stereocenters. The maximum absolute atomic E-state index is 12.4. The van der Waals surface area contributed by atoms with Gasteiger partial charge in [-0.25, -0.2) is 12.7 Å². The van der Waals surface area contributed by atoms with Crippen LogP contribution >= 0.6 is 0 Å². The molecule has 1 spiro atoms. The minimum Gasteiger partial charge on any atom is -0.375 e.